The van der Waals surface area contributed by atoms with E-state index in [0.29, 0.717) is 17.1 Å². The van der Waals surface area contributed by atoms with Crippen molar-refractivity contribution in [1.29, 1.82) is 0 Å². The maximum atomic E-state index is 12.4. The molecule has 0 fully saturated rings. The molecule has 1 amide bonds. The van der Waals surface area contributed by atoms with Crippen molar-refractivity contribution in [3.63, 3.8) is 0 Å². The van der Waals surface area contributed by atoms with Crippen LogP contribution in [0.25, 0.3) is 0 Å². The van der Waals surface area contributed by atoms with Gasteiger partial charge in [0.25, 0.3) is 5.91 Å². The monoisotopic (exact) mass is 473 g/mol. The normalized spacial score (nSPS) is 13.1. The predicted octanol–water partition coefficient (Wildman–Crippen LogP) is 5.39. The van der Waals surface area contributed by atoms with Gasteiger partial charge in [0.05, 0.1) is 17.2 Å². The number of unbranched alkanes of at least 4 members (excludes halogenated alkanes) is 1. The summed E-state index contributed by atoms with van der Waals surface area (Å²) in [4.78, 5) is 14.6. The van der Waals surface area contributed by atoms with Gasteiger partial charge in [-0.2, -0.15) is 0 Å². The van der Waals surface area contributed by atoms with Crippen LogP contribution in [0.3, 0.4) is 0 Å². The van der Waals surface area contributed by atoms with Gasteiger partial charge in [-0.1, -0.05) is 36.7 Å². The molecule has 2 aromatic carbocycles. The SMILES string of the molecule is Cc1c(OCCCCN(C)C)ccc(C(C)NCC(C)CNC(=O)c2ccccc2Cl)c1C. The Labute approximate surface area is 204 Å². The molecule has 6 heteroatoms. The number of ether oxygens (including phenoxy) is 1. The molecule has 0 aliphatic rings. The van der Waals surface area contributed by atoms with Crippen molar-refractivity contribution in [3.8, 4) is 5.75 Å². The van der Waals surface area contributed by atoms with Crippen LogP contribution < -0.4 is 15.4 Å². The van der Waals surface area contributed by atoms with Crippen molar-refractivity contribution in [1.82, 2.24) is 15.5 Å². The number of carbonyl (C=O) groups is 1. The fourth-order valence-electron chi connectivity index (χ4n) is 3.72. The van der Waals surface area contributed by atoms with Gasteiger partial charge in [-0.15, -0.1) is 0 Å². The Morgan fingerprint density at radius 2 is 1.76 bits per heavy atom. The maximum absolute atomic E-state index is 12.4. The molecule has 0 saturated heterocycles. The van der Waals surface area contributed by atoms with E-state index in [4.69, 9.17) is 16.3 Å². The zero-order valence-electron chi connectivity index (χ0n) is 21.0. The highest BCUT2D eigenvalue weighted by atomic mass is 35.5. The van der Waals surface area contributed by atoms with E-state index in [1.165, 1.54) is 16.7 Å². The number of hydrogen-bond donors (Lipinski definition) is 2. The molecule has 0 saturated carbocycles. The summed E-state index contributed by atoms with van der Waals surface area (Å²) in [6.07, 6.45) is 2.20. The third-order valence-electron chi connectivity index (χ3n) is 6.01. The molecular formula is C27H40ClN3O2. The van der Waals surface area contributed by atoms with Gasteiger partial charge in [-0.25, -0.2) is 0 Å². The second-order valence-corrected chi connectivity index (χ2v) is 9.59. The van der Waals surface area contributed by atoms with E-state index >= 15 is 0 Å². The molecular weight excluding hydrogens is 434 g/mol. The van der Waals surface area contributed by atoms with E-state index in [2.05, 4.69) is 69.5 Å². The van der Waals surface area contributed by atoms with E-state index in [9.17, 15) is 4.79 Å². The van der Waals surface area contributed by atoms with Crippen molar-refractivity contribution >= 4 is 17.5 Å². The molecule has 0 aliphatic carbocycles. The van der Waals surface area contributed by atoms with Crippen LogP contribution in [0.1, 0.15) is 59.8 Å². The van der Waals surface area contributed by atoms with E-state index in [-0.39, 0.29) is 17.9 Å². The summed E-state index contributed by atoms with van der Waals surface area (Å²) in [5.74, 6) is 1.12. The lowest BCUT2D eigenvalue weighted by molar-refractivity contribution is 0.0948. The molecule has 2 atom stereocenters. The van der Waals surface area contributed by atoms with Crippen LogP contribution in [-0.4, -0.2) is 51.1 Å². The number of rotatable bonds is 13. The number of nitrogens with zero attached hydrogens (tertiary/aromatic N) is 1. The quantitative estimate of drug-likeness (QED) is 0.383. The van der Waals surface area contributed by atoms with Crippen molar-refractivity contribution in [2.45, 2.75) is 46.6 Å². The molecule has 0 aliphatic heterocycles. The first kappa shape index (κ1) is 27.2. The molecule has 0 heterocycles. The number of benzene rings is 2. The average molecular weight is 474 g/mol. The molecule has 0 aromatic heterocycles. The summed E-state index contributed by atoms with van der Waals surface area (Å²) in [5.41, 5.74) is 4.26. The highest BCUT2D eigenvalue weighted by molar-refractivity contribution is 6.33. The first-order valence-corrected chi connectivity index (χ1v) is 12.2. The Bertz CT molecular complexity index is 901. The third-order valence-corrected chi connectivity index (χ3v) is 6.33. The largest absolute Gasteiger partial charge is 0.493 e. The van der Waals surface area contributed by atoms with Gasteiger partial charge in [-0.3, -0.25) is 4.79 Å². The number of amides is 1. The summed E-state index contributed by atoms with van der Waals surface area (Å²) in [6.45, 7) is 11.8. The minimum absolute atomic E-state index is 0.135. The van der Waals surface area contributed by atoms with Crippen LogP contribution in [0.15, 0.2) is 36.4 Å². The average Bonchev–Trinajstić information content (AvgIpc) is 2.78. The van der Waals surface area contributed by atoms with Gasteiger partial charge < -0.3 is 20.3 Å². The number of halogens is 1. The van der Waals surface area contributed by atoms with E-state index in [1.54, 1.807) is 12.1 Å². The summed E-state index contributed by atoms with van der Waals surface area (Å²) in [5, 5.41) is 7.07. The Balaban J connectivity index is 1.81. The molecule has 5 nitrogen and oxygen atoms in total. The number of nitrogens with one attached hydrogen (secondary N) is 2. The first-order valence-electron chi connectivity index (χ1n) is 11.8. The molecule has 2 unspecified atom stereocenters. The standard InChI is InChI=1S/C27H40ClN3O2/c1-19(18-30-27(32)24-11-7-8-12-25(24)28)17-29-22(4)23-13-14-26(21(3)20(23)2)33-16-10-9-15-31(5)6/h7-8,11-14,19,22,29H,9-10,15-18H2,1-6H3,(H,30,32). The van der Waals surface area contributed by atoms with Crippen LogP contribution in [0, 0.1) is 19.8 Å². The van der Waals surface area contributed by atoms with Crippen LogP contribution in [-0.2, 0) is 0 Å². The summed E-state index contributed by atoms with van der Waals surface area (Å²) in [7, 11) is 4.19. The van der Waals surface area contributed by atoms with Crippen LogP contribution >= 0.6 is 11.6 Å². The van der Waals surface area contributed by atoms with Gasteiger partial charge in [0.15, 0.2) is 0 Å². The molecule has 0 spiro atoms. The minimum Gasteiger partial charge on any atom is -0.493 e. The molecule has 0 bridgehead atoms. The molecule has 2 aromatic rings. The Kier molecular flexibility index (Phi) is 11.2. The fraction of sp³-hybridized carbons (Fsp3) is 0.519. The summed E-state index contributed by atoms with van der Waals surface area (Å²) < 4.78 is 6.04. The fourth-order valence-corrected chi connectivity index (χ4v) is 3.94. The van der Waals surface area contributed by atoms with E-state index in [1.807, 2.05) is 12.1 Å². The molecule has 182 valence electrons. The minimum atomic E-state index is -0.135. The highest BCUT2D eigenvalue weighted by Crippen LogP contribution is 2.28. The maximum Gasteiger partial charge on any atom is 0.252 e. The van der Waals surface area contributed by atoms with Crippen molar-refractivity contribution in [2.75, 3.05) is 40.3 Å². The van der Waals surface area contributed by atoms with Gasteiger partial charge >= 0.3 is 0 Å². The van der Waals surface area contributed by atoms with E-state index in [0.717, 1.165) is 38.3 Å². The third kappa shape index (κ3) is 8.65. The number of carbonyl (C=O) groups excluding carboxylic acids is 1. The van der Waals surface area contributed by atoms with Gasteiger partial charge in [-0.05, 0) is 102 Å². The van der Waals surface area contributed by atoms with Crippen LogP contribution in [0.2, 0.25) is 5.02 Å². The molecule has 2 N–H and O–H groups in total. The zero-order chi connectivity index (χ0) is 24.4. The first-order chi connectivity index (χ1) is 15.7. The summed E-state index contributed by atoms with van der Waals surface area (Å²) in [6, 6.07) is 11.6. The van der Waals surface area contributed by atoms with Gasteiger partial charge in [0.1, 0.15) is 5.75 Å². The number of hydrogen-bond acceptors (Lipinski definition) is 4. The molecule has 0 radical (unpaired) electrons. The second kappa shape index (κ2) is 13.6. The Morgan fingerprint density at radius 3 is 2.45 bits per heavy atom. The van der Waals surface area contributed by atoms with E-state index < -0.39 is 0 Å². The lowest BCUT2D eigenvalue weighted by Crippen LogP contribution is -2.34. The lowest BCUT2D eigenvalue weighted by atomic mass is 9.97. The second-order valence-electron chi connectivity index (χ2n) is 9.19. The van der Waals surface area contributed by atoms with Gasteiger partial charge in [0.2, 0.25) is 0 Å². The highest BCUT2D eigenvalue weighted by Gasteiger charge is 2.15. The molecule has 2 rings (SSSR count). The van der Waals surface area contributed by atoms with Crippen molar-refractivity contribution in [3.05, 3.63) is 63.7 Å². The predicted molar refractivity (Wildman–Crippen MR) is 139 cm³/mol. The Morgan fingerprint density at radius 1 is 1.03 bits per heavy atom. The zero-order valence-corrected chi connectivity index (χ0v) is 21.8. The lowest BCUT2D eigenvalue weighted by Gasteiger charge is -2.22. The van der Waals surface area contributed by atoms with Gasteiger partial charge in [0, 0.05) is 12.6 Å². The summed E-state index contributed by atoms with van der Waals surface area (Å²) >= 11 is 6.11. The molecule has 33 heavy (non-hydrogen) atoms. The smallest absolute Gasteiger partial charge is 0.252 e. The van der Waals surface area contributed by atoms with Crippen molar-refractivity contribution in [2.24, 2.45) is 5.92 Å². The van der Waals surface area contributed by atoms with Crippen LogP contribution in [0.5, 0.6) is 5.75 Å². The topological polar surface area (TPSA) is 53.6 Å². The van der Waals surface area contributed by atoms with Crippen LogP contribution in [0.4, 0.5) is 0 Å². The Hall–Kier alpha value is -2.08. The van der Waals surface area contributed by atoms with Crippen molar-refractivity contribution < 1.29 is 9.53 Å².